The number of anilines is 3. The van der Waals surface area contributed by atoms with E-state index in [0.29, 0.717) is 72.2 Å². The number of para-hydroxylation sites is 1. The van der Waals surface area contributed by atoms with E-state index in [0.717, 1.165) is 53.9 Å². The van der Waals surface area contributed by atoms with Crippen LogP contribution in [0.5, 0.6) is 0 Å². The second-order valence-corrected chi connectivity index (χ2v) is 28.6. The molecule has 20 nitrogen and oxygen atoms in total. The van der Waals surface area contributed by atoms with Gasteiger partial charge in [-0.1, -0.05) is 92.8 Å². The van der Waals surface area contributed by atoms with Crippen molar-refractivity contribution in [2.75, 3.05) is 41.3 Å². The lowest BCUT2D eigenvalue weighted by Crippen LogP contribution is -2.59. The highest BCUT2D eigenvalue weighted by atomic mass is 32.2. The molecule has 5 aromatic carbocycles. The number of aromatic nitrogens is 5. The van der Waals surface area contributed by atoms with Crippen LogP contribution in [0.3, 0.4) is 0 Å². The topological polar surface area (TPSA) is 254 Å². The standard InChI is InChI=1S/C68H72N12O8S3/c1-39(2)80-55-16-11-13-49(52(55)35-70-80)50-26-27-58(78-33-28-43-12-10-14-51(53(43)37-78)63(83)75-67-72-54-15-8-9-17-57(54)90-67)73-59(50)65(85)76-91(87,88)48-24-22-46(23-25-48)77-31-29-45(30-32-77)62(82)74-61(68(5,6)7)66(86)79-36-47(81)34-56(79)64(84)71-40(3)42-18-20-44(21-19-42)60-41(4)69-38-89-60/h8-27,35,38-40,45,47,56,61,81H,28-34,36-37H2,1-7H3,(H,71,84)(H,74,82)(H,76,85)(H,72,75,83)/t40-,47+,56-,61+/m0/s1. The number of pyridine rings is 1. The van der Waals surface area contributed by atoms with Crippen molar-refractivity contribution in [1.29, 1.82) is 0 Å². The molecule has 4 atom stereocenters. The third-order valence-corrected chi connectivity index (χ3v) is 20.8. The molecule has 0 saturated carbocycles. The molecule has 2 fully saturated rings. The highest BCUT2D eigenvalue weighted by Gasteiger charge is 2.45. The maximum absolute atomic E-state index is 14.8. The summed E-state index contributed by atoms with van der Waals surface area (Å²) in [5.41, 5.74) is 9.48. The minimum atomic E-state index is -4.48. The van der Waals surface area contributed by atoms with Crippen LogP contribution in [0.25, 0.3) is 42.7 Å². The number of amides is 5. The summed E-state index contributed by atoms with van der Waals surface area (Å²) in [7, 11) is -4.48. The number of carbonyl (C=O) groups excluding carboxylic acids is 5. The van der Waals surface area contributed by atoms with Crippen molar-refractivity contribution in [2.45, 2.75) is 116 Å². The predicted octanol–water partition coefficient (Wildman–Crippen LogP) is 10.2. The molecule has 12 rings (SSSR count). The number of sulfonamides is 1. The Kier molecular flexibility index (Phi) is 17.4. The number of rotatable bonds is 16. The molecule has 5 amide bonds. The molecule has 0 bridgehead atoms. The van der Waals surface area contributed by atoms with Gasteiger partial charge in [0.2, 0.25) is 17.7 Å². The summed E-state index contributed by atoms with van der Waals surface area (Å²) in [6, 6.07) is 34.4. The Bertz CT molecular complexity index is 4340. The molecule has 2 saturated heterocycles. The Morgan fingerprint density at radius 1 is 0.769 bits per heavy atom. The fourth-order valence-corrected chi connectivity index (χ4v) is 15.2. The van der Waals surface area contributed by atoms with Crippen molar-refractivity contribution in [3.63, 3.8) is 0 Å². The first-order valence-electron chi connectivity index (χ1n) is 30.6. The number of aliphatic hydroxyl groups is 1. The van der Waals surface area contributed by atoms with E-state index < -0.39 is 57.3 Å². The Morgan fingerprint density at radius 2 is 1.52 bits per heavy atom. The molecule has 91 heavy (non-hydrogen) atoms. The van der Waals surface area contributed by atoms with Crippen LogP contribution >= 0.6 is 22.7 Å². The van der Waals surface area contributed by atoms with Gasteiger partial charge in [-0.15, -0.1) is 11.3 Å². The van der Waals surface area contributed by atoms with Gasteiger partial charge in [0.15, 0.2) is 5.13 Å². The van der Waals surface area contributed by atoms with Crippen molar-refractivity contribution in [2.24, 2.45) is 11.3 Å². The molecule has 3 aliphatic heterocycles. The number of likely N-dealkylation sites (tertiary alicyclic amines) is 1. The average Bonchev–Trinajstić information content (AvgIpc) is 1.89. The lowest BCUT2D eigenvalue weighted by atomic mass is 9.84. The van der Waals surface area contributed by atoms with Crippen LogP contribution in [0.1, 0.15) is 116 Å². The second-order valence-electron chi connectivity index (χ2n) is 25.1. The Labute approximate surface area is 536 Å². The predicted molar refractivity (Wildman–Crippen MR) is 355 cm³/mol. The van der Waals surface area contributed by atoms with Gasteiger partial charge in [0, 0.05) is 73.3 Å². The van der Waals surface area contributed by atoms with Crippen molar-refractivity contribution < 1.29 is 37.5 Å². The lowest BCUT2D eigenvalue weighted by Gasteiger charge is -2.38. The zero-order valence-corrected chi connectivity index (χ0v) is 54.1. The summed E-state index contributed by atoms with van der Waals surface area (Å²) in [5.74, 6) is -2.39. The number of hydrogen-bond donors (Lipinski definition) is 5. The molecule has 3 aliphatic rings. The van der Waals surface area contributed by atoms with E-state index in [4.69, 9.17) is 4.98 Å². The first kappa shape index (κ1) is 62.3. The molecule has 0 aliphatic carbocycles. The molecule has 0 radical (unpaired) electrons. The third-order valence-electron chi connectivity index (χ3n) is 17.5. The first-order valence-corrected chi connectivity index (χ1v) is 33.8. The SMILES string of the molecule is Cc1ncsc1-c1ccc([C@H](C)NC(=O)[C@@H]2C[C@@H](O)CN2C(=O)[C@@H](NC(=O)C2CCN(c3ccc(S(=O)(=O)NC(=O)c4nc(N5CCc6cccc(C(=O)Nc7nc8ccccc8s7)c6C5)ccc4-c4cccc5c4cnn5C(C)C)cc3)CC2)C(C)(C)C)cc1. The molecule has 4 aromatic heterocycles. The minimum absolute atomic E-state index is 0.0348. The monoisotopic (exact) mass is 1280 g/mol. The Morgan fingerprint density at radius 3 is 2.23 bits per heavy atom. The molecule has 470 valence electrons. The summed E-state index contributed by atoms with van der Waals surface area (Å²) >= 11 is 2.96. The van der Waals surface area contributed by atoms with E-state index in [1.54, 1.807) is 41.8 Å². The van der Waals surface area contributed by atoms with Crippen LogP contribution in [0.4, 0.5) is 16.6 Å². The number of aryl methyl sites for hydroxylation is 1. The molecule has 0 spiro atoms. The second kappa shape index (κ2) is 25.4. The minimum Gasteiger partial charge on any atom is -0.391 e. The maximum Gasteiger partial charge on any atom is 0.284 e. The number of nitrogens with zero attached hydrogens (tertiary/aromatic N) is 8. The summed E-state index contributed by atoms with van der Waals surface area (Å²) in [5, 5.41) is 25.8. The van der Waals surface area contributed by atoms with E-state index in [-0.39, 0.29) is 54.0 Å². The van der Waals surface area contributed by atoms with E-state index in [1.807, 2.05) is 148 Å². The van der Waals surface area contributed by atoms with Crippen LogP contribution in [-0.2, 0) is 37.4 Å². The normalized spacial score (nSPS) is 17.0. The smallest absolute Gasteiger partial charge is 0.284 e. The summed E-state index contributed by atoms with van der Waals surface area (Å²) in [6.45, 7) is 15.1. The van der Waals surface area contributed by atoms with Crippen LogP contribution in [0.2, 0.25) is 0 Å². The summed E-state index contributed by atoms with van der Waals surface area (Å²) < 4.78 is 33.8. The van der Waals surface area contributed by atoms with Gasteiger partial charge in [0.1, 0.15) is 23.6 Å². The number of benzene rings is 5. The lowest BCUT2D eigenvalue weighted by molar-refractivity contribution is -0.144. The number of carbonyl (C=O) groups is 5. The largest absolute Gasteiger partial charge is 0.391 e. The van der Waals surface area contributed by atoms with Gasteiger partial charge in [-0.05, 0) is 141 Å². The number of fused-ring (bicyclic) bond motifs is 3. The van der Waals surface area contributed by atoms with E-state index >= 15 is 0 Å². The zero-order chi connectivity index (χ0) is 64.0. The van der Waals surface area contributed by atoms with E-state index in [1.165, 1.54) is 28.4 Å². The van der Waals surface area contributed by atoms with E-state index in [2.05, 4.69) is 40.6 Å². The molecule has 7 heterocycles. The number of nitrogens with one attached hydrogen (secondary N) is 4. The Hall–Kier alpha value is -8.90. The van der Waals surface area contributed by atoms with Crippen molar-refractivity contribution in [1.82, 2.24) is 45.0 Å². The van der Waals surface area contributed by atoms with Gasteiger partial charge < -0.3 is 30.4 Å². The van der Waals surface area contributed by atoms with Gasteiger partial charge in [-0.2, -0.15) is 5.10 Å². The highest BCUT2D eigenvalue weighted by molar-refractivity contribution is 7.90. The molecule has 23 heteroatoms. The number of thiazole rings is 2. The van der Waals surface area contributed by atoms with Crippen molar-refractivity contribution >= 4 is 100.0 Å². The Balaban J connectivity index is 0.709. The summed E-state index contributed by atoms with van der Waals surface area (Å²) in [6.07, 6.45) is 2.34. The molecular formula is C68H72N12O8S3. The fourth-order valence-electron chi connectivity index (χ4n) is 12.6. The third kappa shape index (κ3) is 12.9. The van der Waals surface area contributed by atoms with E-state index in [9.17, 15) is 37.5 Å². The quantitative estimate of drug-likeness (QED) is 0.0604. The molecular weight excluding hydrogens is 1210 g/mol. The first-order chi connectivity index (χ1) is 43.6. The van der Waals surface area contributed by atoms with Gasteiger partial charge >= 0.3 is 0 Å². The number of aliphatic hydroxyl groups excluding tert-OH is 1. The average molecular weight is 1280 g/mol. The van der Waals surface area contributed by atoms with Gasteiger partial charge in [0.25, 0.3) is 21.8 Å². The van der Waals surface area contributed by atoms with Crippen LogP contribution in [0, 0.1) is 18.3 Å². The highest BCUT2D eigenvalue weighted by Crippen LogP contribution is 2.37. The molecule has 0 unspecified atom stereocenters. The van der Waals surface area contributed by atoms with Crippen molar-refractivity contribution in [3.05, 3.63) is 167 Å². The number of β-amino-alcohol motifs (C(OH)–C–C–N with tert-alkyl or cyclic N) is 1. The van der Waals surface area contributed by atoms with Crippen LogP contribution in [-0.4, -0.2) is 117 Å². The molecule has 5 N–H and O–H groups in total. The fraction of sp³-hybridized carbons (Fsp3) is 0.338. The van der Waals surface area contributed by atoms with Gasteiger partial charge in [-0.3, -0.25) is 34.0 Å². The van der Waals surface area contributed by atoms with Crippen LogP contribution < -0.4 is 30.5 Å². The number of hydrogen-bond acceptors (Lipinski definition) is 16. The van der Waals surface area contributed by atoms with Crippen molar-refractivity contribution in [3.8, 4) is 21.6 Å². The van der Waals surface area contributed by atoms with Gasteiger partial charge in [-0.25, -0.2) is 28.1 Å². The summed E-state index contributed by atoms with van der Waals surface area (Å²) in [4.78, 5) is 91.6. The molecule has 9 aromatic rings. The maximum atomic E-state index is 14.8. The number of piperidine rings is 1. The van der Waals surface area contributed by atoms with Gasteiger partial charge in [0.05, 0.1) is 55.1 Å². The van der Waals surface area contributed by atoms with Crippen LogP contribution in [0.15, 0.2) is 138 Å². The zero-order valence-electron chi connectivity index (χ0n) is 51.6.